The number of nitrogens with zero attached hydrogens (tertiary/aromatic N) is 1. The Morgan fingerprint density at radius 1 is 1.00 bits per heavy atom. The summed E-state index contributed by atoms with van der Waals surface area (Å²) in [5, 5.41) is 11.1. The van der Waals surface area contributed by atoms with Gasteiger partial charge in [-0.25, -0.2) is 0 Å². The molecule has 6 nitrogen and oxygen atoms in total. The maximum atomic E-state index is 12.3. The molecular formula is C25H18F3N2NaO4S. The van der Waals surface area contributed by atoms with Gasteiger partial charge in [0.1, 0.15) is 5.75 Å². The molecule has 0 aromatic heterocycles. The zero-order valence-corrected chi connectivity index (χ0v) is 22.0. The molecule has 0 atom stereocenters. The van der Waals surface area contributed by atoms with E-state index in [0.717, 1.165) is 57.2 Å². The first-order valence-corrected chi connectivity index (χ1v) is 12.3. The van der Waals surface area contributed by atoms with Crippen LogP contribution < -0.4 is 12.9 Å². The molecule has 0 spiro atoms. The second-order valence-electron chi connectivity index (χ2n) is 7.54. The van der Waals surface area contributed by atoms with Crippen molar-refractivity contribution in [1.29, 1.82) is 0 Å². The number of hydrogen-bond donors (Lipinski definition) is 2. The van der Waals surface area contributed by atoms with Gasteiger partial charge in [0.05, 0.1) is 0 Å². The summed E-state index contributed by atoms with van der Waals surface area (Å²) in [6, 6.07) is 21.0. The first-order chi connectivity index (χ1) is 17.0. The number of carboxylic acid groups (broad SMARTS) is 1. The fourth-order valence-electron chi connectivity index (χ4n) is 3.00. The van der Waals surface area contributed by atoms with Gasteiger partial charge in [0.2, 0.25) is 0 Å². The number of anilines is 1. The minimum absolute atomic E-state index is 0.267. The van der Waals surface area contributed by atoms with Crippen molar-refractivity contribution >= 4 is 71.3 Å². The summed E-state index contributed by atoms with van der Waals surface area (Å²) < 4.78 is 42.0. The van der Waals surface area contributed by atoms with Crippen LogP contribution in [0.15, 0.2) is 82.7 Å². The molecule has 3 aromatic rings. The molecule has 0 fully saturated rings. The average Bonchev–Trinajstić information content (AvgIpc) is 3.13. The second kappa shape index (κ2) is 12.3. The molecule has 0 unspecified atom stereocenters. The molecular weight excluding hydrogens is 504 g/mol. The van der Waals surface area contributed by atoms with Crippen molar-refractivity contribution in [3.63, 3.8) is 0 Å². The van der Waals surface area contributed by atoms with Crippen LogP contribution in [-0.4, -0.2) is 56.4 Å². The summed E-state index contributed by atoms with van der Waals surface area (Å²) in [6.45, 7) is 1.08. The summed E-state index contributed by atoms with van der Waals surface area (Å²) >= 11 is 2.25. The van der Waals surface area contributed by atoms with Crippen molar-refractivity contribution in [3.05, 3.63) is 83.3 Å². The predicted octanol–water partition coefficient (Wildman–Crippen LogP) is 5.22. The van der Waals surface area contributed by atoms with E-state index in [1.54, 1.807) is 18.2 Å². The molecule has 1 aliphatic heterocycles. The molecule has 1 amide bonds. The number of hydrogen-bond acceptors (Lipinski definition) is 5. The summed E-state index contributed by atoms with van der Waals surface area (Å²) in [4.78, 5) is 25.8. The normalized spacial score (nSPS) is 14.1. The third-order valence-corrected chi connectivity index (χ3v) is 6.12. The zero-order chi connectivity index (χ0) is 26.3. The van der Waals surface area contributed by atoms with Crippen LogP contribution in [0.5, 0.6) is 5.75 Å². The Bertz CT molecular complexity index is 1290. The molecule has 1 aliphatic rings. The van der Waals surface area contributed by atoms with Crippen LogP contribution in [0.4, 0.5) is 18.9 Å². The first-order valence-electron chi connectivity index (χ1n) is 10.5. The Kier molecular flexibility index (Phi) is 9.38. The van der Waals surface area contributed by atoms with E-state index in [0.29, 0.717) is 10.1 Å². The molecule has 3 aromatic carbocycles. The molecule has 2 N–H and O–H groups in total. The Hall–Kier alpha value is -3.05. The van der Waals surface area contributed by atoms with Gasteiger partial charge >= 0.3 is 146 Å². The number of amidine groups is 1. The number of aliphatic imine (C=N–C) groups is 1. The molecule has 1 heterocycles. The number of rotatable bonds is 4. The third kappa shape index (κ3) is 8.87. The topological polar surface area (TPSA) is 88.0 Å². The number of ether oxygens (including phenoxy) is 1. The summed E-state index contributed by atoms with van der Waals surface area (Å²) in [6.07, 6.45) is -2.96. The van der Waals surface area contributed by atoms with Gasteiger partial charge in [-0.2, -0.15) is 0 Å². The van der Waals surface area contributed by atoms with Gasteiger partial charge in [-0.3, -0.25) is 4.79 Å². The van der Waals surface area contributed by atoms with Crippen molar-refractivity contribution in [2.45, 2.75) is 13.3 Å². The number of carbonyl (C=O) groups excluding carboxylic acids is 1. The number of benzene rings is 3. The third-order valence-electron chi connectivity index (χ3n) is 4.55. The van der Waals surface area contributed by atoms with E-state index in [4.69, 9.17) is 9.90 Å². The van der Waals surface area contributed by atoms with Crippen LogP contribution in [0.3, 0.4) is 0 Å². The van der Waals surface area contributed by atoms with Crippen LogP contribution in [0.1, 0.15) is 12.5 Å². The Morgan fingerprint density at radius 2 is 1.53 bits per heavy atom. The average molecular weight is 522 g/mol. The maximum absolute atomic E-state index is 12.3. The van der Waals surface area contributed by atoms with Crippen molar-refractivity contribution < 1.29 is 32.6 Å². The summed E-state index contributed by atoms with van der Waals surface area (Å²) in [5.74, 6) is -1.40. The van der Waals surface area contributed by atoms with Gasteiger partial charge in [0, 0.05) is 6.92 Å². The van der Waals surface area contributed by atoms with Gasteiger partial charge in [0.25, 0.3) is 5.97 Å². The predicted molar refractivity (Wildman–Crippen MR) is 135 cm³/mol. The number of carbonyl (C=O) groups is 2. The van der Waals surface area contributed by atoms with Crippen molar-refractivity contribution in [3.8, 4) is 16.9 Å². The van der Waals surface area contributed by atoms with Gasteiger partial charge in [-0.05, 0) is 23.3 Å². The number of thioether (sulfide) groups is 1. The molecule has 180 valence electrons. The Balaban J connectivity index is 0.000000840. The fourth-order valence-corrected chi connectivity index (χ4v) is 4.16. The number of carboxylic acids is 1. The SMILES string of the molecule is CC(=O)O.O=C1N=C(Nc2cc[c]([Na])cc2)S/C1=C/c1ccc(-c2ccc(OC(F)(F)F)cc2)cc1. The van der Waals surface area contributed by atoms with E-state index in [9.17, 15) is 18.0 Å². The monoisotopic (exact) mass is 522 g/mol. The summed E-state index contributed by atoms with van der Waals surface area (Å²) in [5.41, 5.74) is 3.28. The molecule has 0 saturated carbocycles. The van der Waals surface area contributed by atoms with Gasteiger partial charge in [-0.1, -0.05) is 12.1 Å². The number of halogens is 3. The first kappa shape index (κ1) is 27.5. The quantitative estimate of drug-likeness (QED) is 0.361. The van der Waals surface area contributed by atoms with Crippen LogP contribution in [0.2, 0.25) is 0 Å². The molecule has 0 saturated heterocycles. The molecule has 36 heavy (non-hydrogen) atoms. The van der Waals surface area contributed by atoms with E-state index in [2.05, 4.69) is 15.0 Å². The standard InChI is InChI=1S/C23H14F3N2O2S.C2H4O2.Na/c24-23(25,26)30-19-12-10-17(11-13-19)16-8-6-15(7-9-16)14-20-21(29)28-22(31-20)27-18-4-2-1-3-5-18;1-2(3)4;/h2-14H,(H,27,28,29);1H3,(H,3,4);/b20-14+;;. The zero-order valence-electron chi connectivity index (χ0n) is 19.2. The molecule has 0 bridgehead atoms. The molecule has 0 radical (unpaired) electrons. The van der Waals surface area contributed by atoms with E-state index < -0.39 is 12.3 Å². The van der Waals surface area contributed by atoms with Crippen LogP contribution >= 0.6 is 11.8 Å². The van der Waals surface area contributed by atoms with Gasteiger partial charge in [0.15, 0.2) is 0 Å². The van der Waals surface area contributed by atoms with Gasteiger partial charge in [-0.15, -0.1) is 13.2 Å². The Morgan fingerprint density at radius 3 is 2.06 bits per heavy atom. The van der Waals surface area contributed by atoms with Crippen LogP contribution in [0, 0.1) is 0 Å². The van der Waals surface area contributed by atoms with Crippen molar-refractivity contribution in [2.75, 3.05) is 5.32 Å². The molecule has 0 aliphatic carbocycles. The number of amides is 1. The van der Waals surface area contributed by atoms with Gasteiger partial charge < -0.3 is 9.84 Å². The molecule has 11 heteroatoms. The fraction of sp³-hybridized carbons (Fsp3) is 0.0800. The number of nitrogens with one attached hydrogen (secondary N) is 1. The molecule has 4 rings (SSSR count). The van der Waals surface area contributed by atoms with E-state index in [-0.39, 0.29) is 11.7 Å². The van der Waals surface area contributed by atoms with Crippen molar-refractivity contribution in [1.82, 2.24) is 0 Å². The van der Waals surface area contributed by atoms with Crippen molar-refractivity contribution in [2.24, 2.45) is 4.99 Å². The number of aliphatic carboxylic acids is 1. The van der Waals surface area contributed by atoms with Crippen LogP contribution in [0.25, 0.3) is 17.2 Å². The summed E-state index contributed by atoms with van der Waals surface area (Å²) in [7, 11) is 0. The Labute approximate surface area is 226 Å². The number of alkyl halides is 3. The van der Waals surface area contributed by atoms with E-state index in [1.807, 2.05) is 48.5 Å². The second-order valence-corrected chi connectivity index (χ2v) is 9.72. The minimum atomic E-state index is -4.72. The van der Waals surface area contributed by atoms with E-state index in [1.165, 1.54) is 26.7 Å². The van der Waals surface area contributed by atoms with E-state index >= 15 is 0 Å². The van der Waals surface area contributed by atoms with Crippen LogP contribution in [-0.2, 0) is 9.59 Å².